The van der Waals surface area contributed by atoms with E-state index in [0.717, 1.165) is 0 Å². The minimum Gasteiger partial charge on any atom is -0.465 e. The first-order valence-corrected chi connectivity index (χ1v) is 10.5. The minimum absolute atomic E-state index is 0.0918. The molecule has 0 saturated heterocycles. The summed E-state index contributed by atoms with van der Waals surface area (Å²) in [6.07, 6.45) is 1.94. The molecule has 1 N–H and O–H groups in total. The molecule has 8 heteroatoms. The number of hydrogen-bond donors (Lipinski definition) is 1. The monoisotopic (exact) mass is 450 g/mol. The number of nitrogens with one attached hydrogen (secondary N) is 1. The highest BCUT2D eigenvalue weighted by Gasteiger charge is 2.18. The molecule has 0 aliphatic carbocycles. The van der Waals surface area contributed by atoms with Gasteiger partial charge in [-0.25, -0.2) is 4.79 Å². The topological polar surface area (TPSA) is 104 Å². The van der Waals surface area contributed by atoms with E-state index in [2.05, 4.69) is 5.32 Å². The van der Waals surface area contributed by atoms with E-state index in [4.69, 9.17) is 9.47 Å². The minimum atomic E-state index is -0.613. The Balaban J connectivity index is 1.58. The Kier molecular flexibility index (Phi) is 7.61. The van der Waals surface area contributed by atoms with Crippen molar-refractivity contribution < 1.29 is 28.7 Å². The van der Waals surface area contributed by atoms with Gasteiger partial charge in [0.25, 0.3) is 0 Å². The number of ketones is 1. The van der Waals surface area contributed by atoms with Crippen molar-refractivity contribution in [1.82, 2.24) is 4.57 Å². The molecule has 0 atom stereocenters. The number of hydrogen-bond acceptors (Lipinski definition) is 6. The molecule has 0 saturated carbocycles. The molecule has 0 aliphatic rings. The van der Waals surface area contributed by atoms with Crippen LogP contribution in [0.1, 0.15) is 41.0 Å². The summed E-state index contributed by atoms with van der Waals surface area (Å²) in [5.74, 6) is -1.32. The van der Waals surface area contributed by atoms with Gasteiger partial charge in [-0.15, -0.1) is 0 Å². The number of amides is 1. The zero-order valence-corrected chi connectivity index (χ0v) is 18.8. The molecule has 0 spiro atoms. The highest BCUT2D eigenvalue weighted by Crippen LogP contribution is 2.22. The molecular formula is C25H26N2O6. The standard InChI is InChI=1S/C25H26N2O6/c1-16(2)12-23(29)26-18-10-8-17(9-11-18)22(28)15-33-24(30)14-27-13-20(25(31)32-3)19-6-4-5-7-21(19)27/h4-11,13,16H,12,14-15H2,1-3H3,(H,26,29). The predicted octanol–water partition coefficient (Wildman–Crippen LogP) is 3.84. The lowest BCUT2D eigenvalue weighted by molar-refractivity contribution is -0.143. The number of carbonyl (C=O) groups excluding carboxylic acids is 4. The maximum atomic E-state index is 12.4. The van der Waals surface area contributed by atoms with Gasteiger partial charge in [0.05, 0.1) is 12.7 Å². The molecule has 172 valence electrons. The van der Waals surface area contributed by atoms with Crippen molar-refractivity contribution in [2.75, 3.05) is 19.0 Å². The number of rotatable bonds is 9. The molecule has 1 heterocycles. The van der Waals surface area contributed by atoms with E-state index in [1.807, 2.05) is 13.8 Å². The fraction of sp³-hybridized carbons (Fsp3) is 0.280. The third-order valence-corrected chi connectivity index (χ3v) is 4.94. The van der Waals surface area contributed by atoms with Crippen molar-refractivity contribution in [1.29, 1.82) is 0 Å². The molecular weight excluding hydrogens is 424 g/mol. The van der Waals surface area contributed by atoms with Crippen LogP contribution in [0.2, 0.25) is 0 Å². The molecule has 0 bridgehead atoms. The van der Waals surface area contributed by atoms with Crippen molar-refractivity contribution in [3.8, 4) is 0 Å². The maximum Gasteiger partial charge on any atom is 0.340 e. The summed E-state index contributed by atoms with van der Waals surface area (Å²) in [6, 6.07) is 13.5. The molecule has 1 aromatic heterocycles. The van der Waals surface area contributed by atoms with Gasteiger partial charge in [0.1, 0.15) is 6.54 Å². The van der Waals surface area contributed by atoms with Gasteiger partial charge in [-0.05, 0) is 36.2 Å². The Morgan fingerprint density at radius 2 is 1.70 bits per heavy atom. The number of methoxy groups -OCH3 is 1. The largest absolute Gasteiger partial charge is 0.465 e. The second-order valence-corrected chi connectivity index (χ2v) is 7.99. The first-order chi connectivity index (χ1) is 15.8. The van der Waals surface area contributed by atoms with Gasteiger partial charge in [-0.1, -0.05) is 32.0 Å². The average molecular weight is 450 g/mol. The summed E-state index contributed by atoms with van der Waals surface area (Å²) < 4.78 is 11.5. The van der Waals surface area contributed by atoms with Crippen LogP contribution >= 0.6 is 0 Å². The number of anilines is 1. The number of carbonyl (C=O) groups is 4. The van der Waals surface area contributed by atoms with Gasteiger partial charge in [0, 0.05) is 34.8 Å². The molecule has 3 rings (SSSR count). The zero-order valence-electron chi connectivity index (χ0n) is 18.8. The second kappa shape index (κ2) is 10.6. The highest BCUT2D eigenvalue weighted by atomic mass is 16.5. The lowest BCUT2D eigenvalue weighted by Crippen LogP contribution is -2.18. The first kappa shape index (κ1) is 23.7. The van der Waals surface area contributed by atoms with Gasteiger partial charge in [0.15, 0.2) is 12.4 Å². The van der Waals surface area contributed by atoms with E-state index in [-0.39, 0.29) is 24.2 Å². The Hall–Kier alpha value is -3.94. The molecule has 0 fully saturated rings. The lowest BCUT2D eigenvalue weighted by atomic mass is 10.1. The van der Waals surface area contributed by atoms with Crippen molar-refractivity contribution in [3.05, 3.63) is 65.9 Å². The van der Waals surface area contributed by atoms with Crippen LogP contribution in [0.4, 0.5) is 5.69 Å². The SMILES string of the molecule is COC(=O)c1cn(CC(=O)OCC(=O)c2ccc(NC(=O)CC(C)C)cc2)c2ccccc12. The number of ether oxygens (including phenoxy) is 2. The van der Waals surface area contributed by atoms with Crippen LogP contribution in [0.25, 0.3) is 10.9 Å². The highest BCUT2D eigenvalue weighted by molar-refractivity contribution is 6.04. The molecule has 0 radical (unpaired) electrons. The van der Waals surface area contributed by atoms with Crippen molar-refractivity contribution >= 4 is 40.2 Å². The van der Waals surface area contributed by atoms with Crippen molar-refractivity contribution in [2.45, 2.75) is 26.8 Å². The molecule has 33 heavy (non-hydrogen) atoms. The van der Waals surface area contributed by atoms with Gasteiger partial charge >= 0.3 is 11.9 Å². The molecule has 2 aromatic carbocycles. The van der Waals surface area contributed by atoms with Gasteiger partial charge in [0.2, 0.25) is 5.91 Å². The first-order valence-electron chi connectivity index (χ1n) is 10.5. The maximum absolute atomic E-state index is 12.4. The number of benzene rings is 2. The van der Waals surface area contributed by atoms with E-state index in [0.29, 0.717) is 34.1 Å². The molecule has 3 aromatic rings. The summed E-state index contributed by atoms with van der Waals surface area (Å²) in [6.45, 7) is 3.34. The number of Topliss-reactive ketones (excluding diaryl/α,β-unsaturated/α-hetero) is 1. The van der Waals surface area contributed by atoms with Gasteiger partial charge in [-0.2, -0.15) is 0 Å². The van der Waals surface area contributed by atoms with Crippen LogP contribution in [0.5, 0.6) is 0 Å². The van der Waals surface area contributed by atoms with Crippen LogP contribution in [0.3, 0.4) is 0 Å². The van der Waals surface area contributed by atoms with E-state index in [1.54, 1.807) is 53.1 Å². The second-order valence-electron chi connectivity index (χ2n) is 7.99. The van der Waals surface area contributed by atoms with Crippen molar-refractivity contribution in [3.63, 3.8) is 0 Å². The number of para-hydroxylation sites is 1. The summed E-state index contributed by atoms with van der Waals surface area (Å²) in [4.78, 5) is 48.6. The normalized spacial score (nSPS) is 10.8. The third kappa shape index (κ3) is 6.06. The fourth-order valence-electron chi connectivity index (χ4n) is 3.39. The van der Waals surface area contributed by atoms with E-state index in [9.17, 15) is 19.2 Å². The third-order valence-electron chi connectivity index (χ3n) is 4.94. The Bertz CT molecular complexity index is 1180. The quantitative estimate of drug-likeness (QED) is 0.392. The molecule has 1 amide bonds. The Morgan fingerprint density at radius 3 is 2.36 bits per heavy atom. The van der Waals surface area contributed by atoms with E-state index in [1.165, 1.54) is 13.3 Å². The van der Waals surface area contributed by atoms with Gasteiger partial charge in [-0.3, -0.25) is 14.4 Å². The van der Waals surface area contributed by atoms with Gasteiger partial charge < -0.3 is 19.4 Å². The Morgan fingerprint density at radius 1 is 1.00 bits per heavy atom. The van der Waals surface area contributed by atoms with E-state index >= 15 is 0 Å². The molecule has 0 unspecified atom stereocenters. The molecule has 0 aliphatic heterocycles. The van der Waals surface area contributed by atoms with E-state index < -0.39 is 18.5 Å². The predicted molar refractivity (Wildman–Crippen MR) is 123 cm³/mol. The summed E-state index contributed by atoms with van der Waals surface area (Å²) in [5, 5.41) is 3.44. The van der Waals surface area contributed by atoms with Crippen LogP contribution in [-0.2, 0) is 25.6 Å². The summed E-state index contributed by atoms with van der Waals surface area (Å²) in [5.41, 5.74) is 1.98. The van der Waals surface area contributed by atoms with Crippen LogP contribution in [0.15, 0.2) is 54.7 Å². The number of esters is 2. The van der Waals surface area contributed by atoms with Crippen molar-refractivity contribution in [2.24, 2.45) is 5.92 Å². The number of aromatic nitrogens is 1. The number of fused-ring (bicyclic) bond motifs is 1. The zero-order chi connectivity index (χ0) is 24.0. The Labute approximate surface area is 191 Å². The smallest absolute Gasteiger partial charge is 0.340 e. The van der Waals surface area contributed by atoms with Crippen LogP contribution in [0, 0.1) is 5.92 Å². The fourth-order valence-corrected chi connectivity index (χ4v) is 3.39. The van der Waals surface area contributed by atoms with Crippen LogP contribution in [-0.4, -0.2) is 41.9 Å². The summed E-state index contributed by atoms with van der Waals surface area (Å²) >= 11 is 0. The lowest BCUT2D eigenvalue weighted by Gasteiger charge is -2.09. The number of nitrogens with zero attached hydrogens (tertiary/aromatic N) is 1. The van der Waals surface area contributed by atoms with Crippen LogP contribution < -0.4 is 5.32 Å². The average Bonchev–Trinajstić information content (AvgIpc) is 3.15. The molecule has 8 nitrogen and oxygen atoms in total. The summed E-state index contributed by atoms with van der Waals surface area (Å²) in [7, 11) is 1.29.